The van der Waals surface area contributed by atoms with Gasteiger partial charge in [0.05, 0.1) is 29.1 Å². The van der Waals surface area contributed by atoms with Crippen LogP contribution in [0.15, 0.2) is 35.5 Å². The van der Waals surface area contributed by atoms with Crippen LogP contribution in [-0.2, 0) is 4.79 Å². The number of carbonyl (C=O) groups is 1. The molecule has 1 aliphatic carbocycles. The Labute approximate surface area is 180 Å². The van der Waals surface area contributed by atoms with Gasteiger partial charge in [0.2, 0.25) is 5.91 Å². The molecule has 0 bridgehead atoms. The number of halogens is 2. The first-order valence-corrected chi connectivity index (χ1v) is 11.0. The molecule has 2 N–H and O–H groups in total. The minimum absolute atomic E-state index is 0.157. The van der Waals surface area contributed by atoms with E-state index in [-0.39, 0.29) is 18.1 Å². The molecule has 5 rings (SSSR count). The fraction of sp³-hybridized carbons (Fsp3) is 0.286. The molecule has 31 heavy (non-hydrogen) atoms. The van der Waals surface area contributed by atoms with Crippen molar-refractivity contribution < 1.29 is 18.3 Å². The van der Waals surface area contributed by atoms with Crippen LogP contribution in [0.1, 0.15) is 13.3 Å². The first-order valence-electron chi connectivity index (χ1n) is 9.81. The van der Waals surface area contributed by atoms with Crippen molar-refractivity contribution >= 4 is 39.9 Å². The largest absolute Gasteiger partial charge is 0.489 e. The molecule has 0 aliphatic heterocycles. The number of alkyl halides is 1. The highest BCUT2D eigenvalue weighted by Crippen LogP contribution is 2.44. The number of benzene rings is 1. The minimum atomic E-state index is -1.07. The summed E-state index contributed by atoms with van der Waals surface area (Å²) in [6.45, 7) is 2.13. The van der Waals surface area contributed by atoms with Crippen LogP contribution >= 0.6 is 11.8 Å². The van der Waals surface area contributed by atoms with E-state index in [0.717, 1.165) is 10.9 Å². The molecule has 10 heteroatoms. The SMILES string of the molecule is CCOc1c(F)c(SC)c(-c2ccn3nc(NC(=O)C4CC4F)cc3c2)c2cn[nH]c12. The first-order chi connectivity index (χ1) is 15.0. The highest BCUT2D eigenvalue weighted by atomic mass is 32.2. The molecule has 1 saturated carbocycles. The van der Waals surface area contributed by atoms with Crippen LogP contribution in [0, 0.1) is 11.7 Å². The maximum atomic E-state index is 15.3. The van der Waals surface area contributed by atoms with Crippen LogP contribution in [0.4, 0.5) is 14.6 Å². The summed E-state index contributed by atoms with van der Waals surface area (Å²) < 4.78 is 35.6. The van der Waals surface area contributed by atoms with Gasteiger partial charge in [-0.1, -0.05) is 0 Å². The van der Waals surface area contributed by atoms with E-state index in [0.29, 0.717) is 33.9 Å². The number of aromatic amines is 1. The van der Waals surface area contributed by atoms with E-state index < -0.39 is 17.9 Å². The highest BCUT2D eigenvalue weighted by molar-refractivity contribution is 7.98. The number of hydrogen-bond acceptors (Lipinski definition) is 5. The zero-order valence-electron chi connectivity index (χ0n) is 16.8. The van der Waals surface area contributed by atoms with Gasteiger partial charge in [-0.2, -0.15) is 10.2 Å². The molecule has 3 heterocycles. The van der Waals surface area contributed by atoms with Crippen molar-refractivity contribution in [1.82, 2.24) is 19.8 Å². The van der Waals surface area contributed by atoms with Crippen LogP contribution in [-0.4, -0.2) is 44.8 Å². The second kappa shape index (κ2) is 7.52. The molecule has 2 unspecified atom stereocenters. The lowest BCUT2D eigenvalue weighted by molar-refractivity contribution is -0.117. The van der Waals surface area contributed by atoms with Crippen LogP contribution < -0.4 is 10.1 Å². The van der Waals surface area contributed by atoms with E-state index in [1.165, 1.54) is 11.8 Å². The molecular formula is C21H19F2N5O2S. The van der Waals surface area contributed by atoms with Gasteiger partial charge in [0.1, 0.15) is 11.7 Å². The van der Waals surface area contributed by atoms with Crippen molar-refractivity contribution in [3.63, 3.8) is 0 Å². The molecule has 4 aromatic rings. The molecule has 0 spiro atoms. The fourth-order valence-corrected chi connectivity index (χ4v) is 4.42. The maximum absolute atomic E-state index is 15.3. The fourth-order valence-electron chi connectivity index (χ4n) is 3.72. The summed E-state index contributed by atoms with van der Waals surface area (Å²) >= 11 is 1.29. The summed E-state index contributed by atoms with van der Waals surface area (Å²) in [7, 11) is 0. The number of ether oxygens (including phenoxy) is 1. The Morgan fingerprint density at radius 2 is 2.26 bits per heavy atom. The number of nitrogens with zero attached hydrogens (tertiary/aromatic N) is 3. The van der Waals surface area contributed by atoms with E-state index in [9.17, 15) is 9.18 Å². The molecule has 3 aromatic heterocycles. The quantitative estimate of drug-likeness (QED) is 0.431. The third-order valence-electron chi connectivity index (χ3n) is 5.31. The average Bonchev–Trinajstić information content (AvgIpc) is 3.13. The number of nitrogens with one attached hydrogen (secondary N) is 2. The average molecular weight is 443 g/mol. The molecule has 0 saturated heterocycles. The van der Waals surface area contributed by atoms with Crippen LogP contribution in [0.25, 0.3) is 27.5 Å². The Hall–Kier alpha value is -3.14. The zero-order chi connectivity index (χ0) is 21.7. The minimum Gasteiger partial charge on any atom is -0.489 e. The molecule has 1 aliphatic rings. The predicted molar refractivity (Wildman–Crippen MR) is 115 cm³/mol. The Balaban J connectivity index is 1.60. The molecule has 7 nitrogen and oxygen atoms in total. The number of H-pyrrole nitrogens is 1. The van der Waals surface area contributed by atoms with Gasteiger partial charge in [0, 0.05) is 23.2 Å². The molecule has 0 radical (unpaired) electrons. The number of aromatic nitrogens is 4. The van der Waals surface area contributed by atoms with Gasteiger partial charge in [-0.15, -0.1) is 11.8 Å². The van der Waals surface area contributed by atoms with Crippen molar-refractivity contribution in [2.75, 3.05) is 18.2 Å². The number of thioether (sulfide) groups is 1. The maximum Gasteiger partial charge on any atom is 0.231 e. The highest BCUT2D eigenvalue weighted by Gasteiger charge is 2.43. The summed E-state index contributed by atoms with van der Waals surface area (Å²) in [5.74, 6) is -0.893. The molecule has 1 aromatic carbocycles. The summed E-state index contributed by atoms with van der Waals surface area (Å²) in [6, 6.07) is 5.39. The van der Waals surface area contributed by atoms with Crippen molar-refractivity contribution in [1.29, 1.82) is 0 Å². The number of fused-ring (bicyclic) bond motifs is 2. The number of rotatable bonds is 6. The van der Waals surface area contributed by atoms with E-state index in [1.807, 2.05) is 18.4 Å². The summed E-state index contributed by atoms with van der Waals surface area (Å²) in [6.07, 6.45) is 4.39. The van der Waals surface area contributed by atoms with Crippen molar-refractivity contribution in [3.8, 4) is 16.9 Å². The first kappa shape index (κ1) is 19.8. The lowest BCUT2D eigenvalue weighted by atomic mass is 10.0. The van der Waals surface area contributed by atoms with E-state index in [4.69, 9.17) is 4.74 Å². The molecule has 160 valence electrons. The van der Waals surface area contributed by atoms with Gasteiger partial charge in [-0.05, 0) is 37.3 Å². The van der Waals surface area contributed by atoms with Gasteiger partial charge in [-0.25, -0.2) is 13.3 Å². The van der Waals surface area contributed by atoms with Crippen molar-refractivity contribution in [3.05, 3.63) is 36.4 Å². The lowest BCUT2D eigenvalue weighted by Crippen LogP contribution is -2.15. The third kappa shape index (κ3) is 3.31. The van der Waals surface area contributed by atoms with Crippen LogP contribution in [0.5, 0.6) is 5.75 Å². The predicted octanol–water partition coefficient (Wildman–Crippen LogP) is 4.43. The number of anilines is 1. The summed E-state index contributed by atoms with van der Waals surface area (Å²) in [5.41, 5.74) is 2.68. The standard InChI is InChI=1S/C21H19F2N5O2S/c1-3-30-19-17(23)20(31-2)16(13-9-24-26-18(13)19)10-4-5-28-11(6-10)7-15(27-28)25-21(29)12-8-14(12)22/h4-7,9,12,14H,3,8H2,1-2H3,(H,24,26)(H,25,27,29). The normalized spacial score (nSPS) is 17.9. The summed E-state index contributed by atoms with van der Waals surface area (Å²) in [4.78, 5) is 12.5. The van der Waals surface area contributed by atoms with E-state index >= 15 is 4.39 Å². The van der Waals surface area contributed by atoms with Gasteiger partial charge in [0.25, 0.3) is 0 Å². The second-order valence-corrected chi connectivity index (χ2v) is 8.12. The Bertz CT molecular complexity index is 1320. The van der Waals surface area contributed by atoms with E-state index in [1.54, 1.807) is 29.9 Å². The van der Waals surface area contributed by atoms with Gasteiger partial charge >= 0.3 is 0 Å². The zero-order valence-corrected chi connectivity index (χ0v) is 17.6. The molecule has 1 amide bonds. The number of hydrogen-bond donors (Lipinski definition) is 2. The monoisotopic (exact) mass is 443 g/mol. The third-order valence-corrected chi connectivity index (χ3v) is 6.10. The lowest BCUT2D eigenvalue weighted by Gasteiger charge is -2.15. The smallest absolute Gasteiger partial charge is 0.231 e. The molecule has 1 fully saturated rings. The van der Waals surface area contributed by atoms with Crippen LogP contribution in [0.3, 0.4) is 0 Å². The van der Waals surface area contributed by atoms with Crippen molar-refractivity contribution in [2.24, 2.45) is 5.92 Å². The van der Waals surface area contributed by atoms with Gasteiger partial charge in [0.15, 0.2) is 17.4 Å². The number of amides is 1. The Morgan fingerprint density at radius 1 is 1.45 bits per heavy atom. The Morgan fingerprint density at radius 3 is 2.97 bits per heavy atom. The Kier molecular flexibility index (Phi) is 4.81. The van der Waals surface area contributed by atoms with Crippen molar-refractivity contribution in [2.45, 2.75) is 24.4 Å². The number of carbonyl (C=O) groups excluding carboxylic acids is 1. The number of pyridine rings is 1. The molecule has 2 atom stereocenters. The van der Waals surface area contributed by atoms with Crippen LogP contribution in [0.2, 0.25) is 0 Å². The topological polar surface area (TPSA) is 84.3 Å². The molecular weight excluding hydrogens is 424 g/mol. The van der Waals surface area contributed by atoms with Gasteiger partial charge in [-0.3, -0.25) is 9.89 Å². The summed E-state index contributed by atoms with van der Waals surface area (Å²) in [5, 5.41) is 14.7. The van der Waals surface area contributed by atoms with Gasteiger partial charge < -0.3 is 10.1 Å². The van der Waals surface area contributed by atoms with E-state index in [2.05, 4.69) is 20.6 Å². The second-order valence-electron chi connectivity index (χ2n) is 7.30.